The number of benzene rings is 1. The quantitative estimate of drug-likeness (QED) is 0.855. The number of nitrogens with one attached hydrogen (secondary N) is 1. The van der Waals surface area contributed by atoms with E-state index in [2.05, 4.69) is 10.3 Å². The molecule has 0 saturated carbocycles. The topological polar surface area (TPSA) is 42.0 Å². The van der Waals surface area contributed by atoms with E-state index in [1.165, 1.54) is 0 Å². The Morgan fingerprint density at radius 2 is 1.88 bits per heavy atom. The van der Waals surface area contributed by atoms with Crippen LogP contribution in [0.5, 0.6) is 0 Å². The minimum atomic E-state index is -0.0857. The Balaban J connectivity index is 2.24. The third-order valence-corrected chi connectivity index (χ3v) is 2.66. The molecule has 0 spiro atoms. The number of aromatic nitrogens is 1. The molecule has 3 heteroatoms. The molecule has 3 nitrogen and oxygen atoms in total. The van der Waals surface area contributed by atoms with Crippen LogP contribution < -0.4 is 5.32 Å². The molecule has 86 valence electrons. The molecule has 2 rings (SSSR count). The zero-order valence-corrected chi connectivity index (χ0v) is 9.90. The standard InChI is InChI=1S/C14H14N2O/c1-10-5-3-4-6-12(10)14(17)16-13-7-8-15-9-11(13)2/h3-9H,1-2H3,(H,15,16,17). The van der Waals surface area contributed by atoms with Gasteiger partial charge in [0.1, 0.15) is 0 Å². The van der Waals surface area contributed by atoms with Crippen molar-refractivity contribution in [3.05, 3.63) is 59.4 Å². The summed E-state index contributed by atoms with van der Waals surface area (Å²) in [5.74, 6) is -0.0857. The maximum Gasteiger partial charge on any atom is 0.255 e. The molecule has 0 saturated heterocycles. The van der Waals surface area contributed by atoms with Gasteiger partial charge in [-0.05, 0) is 37.1 Å². The molecule has 2 aromatic rings. The van der Waals surface area contributed by atoms with Crippen molar-refractivity contribution in [1.82, 2.24) is 4.98 Å². The molecule has 0 radical (unpaired) electrons. The van der Waals surface area contributed by atoms with Crippen LogP contribution in [0.1, 0.15) is 21.5 Å². The highest BCUT2D eigenvalue weighted by Gasteiger charge is 2.09. The molecule has 0 aliphatic carbocycles. The lowest BCUT2D eigenvalue weighted by Crippen LogP contribution is -2.14. The van der Waals surface area contributed by atoms with Crippen LogP contribution in [0.25, 0.3) is 0 Å². The molecule has 0 unspecified atom stereocenters. The first-order valence-electron chi connectivity index (χ1n) is 5.46. The first-order valence-corrected chi connectivity index (χ1v) is 5.46. The van der Waals surface area contributed by atoms with Crippen LogP contribution in [0, 0.1) is 13.8 Å². The number of hydrogen-bond donors (Lipinski definition) is 1. The van der Waals surface area contributed by atoms with Gasteiger partial charge in [0.2, 0.25) is 0 Å². The van der Waals surface area contributed by atoms with Gasteiger partial charge in [0.15, 0.2) is 0 Å². The first kappa shape index (κ1) is 11.3. The second kappa shape index (κ2) is 4.78. The van der Waals surface area contributed by atoms with Crippen molar-refractivity contribution >= 4 is 11.6 Å². The van der Waals surface area contributed by atoms with Gasteiger partial charge in [0.25, 0.3) is 5.91 Å². The molecule has 1 heterocycles. The first-order chi connectivity index (χ1) is 8.18. The van der Waals surface area contributed by atoms with E-state index in [-0.39, 0.29) is 5.91 Å². The molecular formula is C14H14N2O. The number of hydrogen-bond acceptors (Lipinski definition) is 2. The molecular weight excluding hydrogens is 212 g/mol. The number of anilines is 1. The van der Waals surface area contributed by atoms with E-state index in [1.54, 1.807) is 18.5 Å². The Morgan fingerprint density at radius 1 is 1.12 bits per heavy atom. The summed E-state index contributed by atoms with van der Waals surface area (Å²) < 4.78 is 0. The number of pyridine rings is 1. The van der Waals surface area contributed by atoms with Crippen molar-refractivity contribution in [3.8, 4) is 0 Å². The van der Waals surface area contributed by atoms with Gasteiger partial charge in [0.05, 0.1) is 0 Å². The number of nitrogens with zero attached hydrogens (tertiary/aromatic N) is 1. The average molecular weight is 226 g/mol. The lowest BCUT2D eigenvalue weighted by Gasteiger charge is -2.09. The maximum absolute atomic E-state index is 12.1. The van der Waals surface area contributed by atoms with Gasteiger partial charge in [-0.15, -0.1) is 0 Å². The predicted molar refractivity (Wildman–Crippen MR) is 68.1 cm³/mol. The molecule has 17 heavy (non-hydrogen) atoms. The predicted octanol–water partition coefficient (Wildman–Crippen LogP) is 2.95. The van der Waals surface area contributed by atoms with Crippen LogP contribution in [0.4, 0.5) is 5.69 Å². The Labute approximate surface area is 101 Å². The summed E-state index contributed by atoms with van der Waals surface area (Å²) in [6.45, 7) is 3.84. The largest absolute Gasteiger partial charge is 0.322 e. The van der Waals surface area contributed by atoms with Crippen LogP contribution in [-0.4, -0.2) is 10.9 Å². The van der Waals surface area contributed by atoms with Gasteiger partial charge in [0, 0.05) is 23.6 Å². The van der Waals surface area contributed by atoms with Gasteiger partial charge >= 0.3 is 0 Å². The van der Waals surface area contributed by atoms with Gasteiger partial charge < -0.3 is 5.32 Å². The summed E-state index contributed by atoms with van der Waals surface area (Å²) in [6, 6.07) is 9.33. The molecule has 0 bridgehead atoms. The minimum Gasteiger partial charge on any atom is -0.322 e. The summed E-state index contributed by atoms with van der Waals surface area (Å²) in [5, 5.41) is 2.89. The molecule has 1 amide bonds. The smallest absolute Gasteiger partial charge is 0.255 e. The van der Waals surface area contributed by atoms with E-state index in [9.17, 15) is 4.79 Å². The van der Waals surface area contributed by atoms with Crippen LogP contribution in [-0.2, 0) is 0 Å². The highest BCUT2D eigenvalue weighted by molar-refractivity contribution is 6.05. The Morgan fingerprint density at radius 3 is 2.59 bits per heavy atom. The monoisotopic (exact) mass is 226 g/mol. The van der Waals surface area contributed by atoms with Crippen molar-refractivity contribution in [3.63, 3.8) is 0 Å². The normalized spacial score (nSPS) is 10.0. The number of amides is 1. The van der Waals surface area contributed by atoms with Crippen molar-refractivity contribution < 1.29 is 4.79 Å². The zero-order valence-electron chi connectivity index (χ0n) is 9.90. The van der Waals surface area contributed by atoms with E-state index in [0.717, 1.165) is 16.8 Å². The Kier molecular flexibility index (Phi) is 3.19. The van der Waals surface area contributed by atoms with Gasteiger partial charge in [-0.2, -0.15) is 0 Å². The minimum absolute atomic E-state index is 0.0857. The highest BCUT2D eigenvalue weighted by Crippen LogP contribution is 2.14. The van der Waals surface area contributed by atoms with E-state index < -0.39 is 0 Å². The summed E-state index contributed by atoms with van der Waals surface area (Å²) in [6.07, 6.45) is 3.40. The molecule has 1 N–H and O–H groups in total. The van der Waals surface area contributed by atoms with E-state index in [0.29, 0.717) is 5.56 Å². The summed E-state index contributed by atoms with van der Waals surface area (Å²) in [5.41, 5.74) is 3.42. The van der Waals surface area contributed by atoms with Crippen LogP contribution in [0.3, 0.4) is 0 Å². The lowest BCUT2D eigenvalue weighted by atomic mass is 10.1. The van der Waals surface area contributed by atoms with Crippen molar-refractivity contribution in [2.75, 3.05) is 5.32 Å². The second-order valence-corrected chi connectivity index (χ2v) is 3.96. The van der Waals surface area contributed by atoms with Gasteiger partial charge in [-0.1, -0.05) is 18.2 Å². The highest BCUT2D eigenvalue weighted by atomic mass is 16.1. The number of carbonyl (C=O) groups excluding carboxylic acids is 1. The van der Waals surface area contributed by atoms with E-state index in [4.69, 9.17) is 0 Å². The van der Waals surface area contributed by atoms with E-state index in [1.807, 2.05) is 38.1 Å². The molecule has 1 aromatic heterocycles. The Hall–Kier alpha value is -2.16. The fourth-order valence-corrected chi connectivity index (χ4v) is 1.63. The average Bonchev–Trinajstić information content (AvgIpc) is 2.32. The fraction of sp³-hybridized carbons (Fsp3) is 0.143. The Bertz CT molecular complexity index is 549. The molecule has 0 atom stereocenters. The van der Waals surface area contributed by atoms with Crippen LogP contribution in [0.2, 0.25) is 0 Å². The molecule has 0 aliphatic heterocycles. The third kappa shape index (κ3) is 2.50. The number of rotatable bonds is 2. The van der Waals surface area contributed by atoms with Gasteiger partial charge in [-0.3, -0.25) is 9.78 Å². The maximum atomic E-state index is 12.1. The van der Waals surface area contributed by atoms with Crippen molar-refractivity contribution in [1.29, 1.82) is 0 Å². The molecule has 0 aliphatic rings. The summed E-state index contributed by atoms with van der Waals surface area (Å²) >= 11 is 0. The van der Waals surface area contributed by atoms with Crippen LogP contribution >= 0.6 is 0 Å². The molecule has 1 aromatic carbocycles. The number of carbonyl (C=O) groups is 1. The molecule has 0 fully saturated rings. The SMILES string of the molecule is Cc1cnccc1NC(=O)c1ccccc1C. The number of aryl methyl sites for hydroxylation is 2. The third-order valence-electron chi connectivity index (χ3n) is 2.66. The van der Waals surface area contributed by atoms with E-state index >= 15 is 0 Å². The van der Waals surface area contributed by atoms with Crippen molar-refractivity contribution in [2.24, 2.45) is 0 Å². The fourth-order valence-electron chi connectivity index (χ4n) is 1.63. The van der Waals surface area contributed by atoms with Crippen LogP contribution in [0.15, 0.2) is 42.7 Å². The summed E-state index contributed by atoms with van der Waals surface area (Å²) in [7, 11) is 0. The zero-order chi connectivity index (χ0) is 12.3. The van der Waals surface area contributed by atoms with Crippen molar-refractivity contribution in [2.45, 2.75) is 13.8 Å². The summed E-state index contributed by atoms with van der Waals surface area (Å²) in [4.78, 5) is 16.0. The lowest BCUT2D eigenvalue weighted by molar-refractivity contribution is 0.102. The second-order valence-electron chi connectivity index (χ2n) is 3.96. The van der Waals surface area contributed by atoms with Gasteiger partial charge in [-0.25, -0.2) is 0 Å².